The molecule has 0 atom stereocenters. The van der Waals surface area contributed by atoms with Crippen LogP contribution in [0, 0.1) is 6.92 Å². The Labute approximate surface area is 215 Å². The van der Waals surface area contributed by atoms with Crippen molar-refractivity contribution in [3.63, 3.8) is 0 Å². The molecule has 0 heterocycles. The number of anilines is 1. The quantitative estimate of drug-likeness (QED) is 0.354. The molecule has 0 aliphatic rings. The average molecular weight is 561 g/mol. The molecule has 3 aromatic carbocycles. The average Bonchev–Trinajstić information content (AvgIpc) is 2.83. The van der Waals surface area contributed by atoms with Gasteiger partial charge < -0.3 is 14.8 Å². The molecule has 0 radical (unpaired) electrons. The van der Waals surface area contributed by atoms with Crippen molar-refractivity contribution in [1.82, 2.24) is 5.32 Å². The number of rotatable bonds is 11. The molecule has 3 rings (SSSR count). The summed E-state index contributed by atoms with van der Waals surface area (Å²) in [6.07, 6.45) is 0. The van der Waals surface area contributed by atoms with Crippen molar-refractivity contribution in [3.8, 4) is 11.5 Å². The molecule has 3 aromatic rings. The summed E-state index contributed by atoms with van der Waals surface area (Å²) in [5.74, 6) is 0.792. The van der Waals surface area contributed by atoms with E-state index in [0.717, 1.165) is 15.4 Å². The van der Waals surface area contributed by atoms with Crippen LogP contribution < -0.4 is 19.1 Å². The number of hydrogen-bond acceptors (Lipinski definition) is 5. The Morgan fingerprint density at radius 3 is 2.29 bits per heavy atom. The van der Waals surface area contributed by atoms with Gasteiger partial charge in [-0.3, -0.25) is 9.10 Å². The van der Waals surface area contributed by atoms with Crippen LogP contribution in [0.3, 0.4) is 0 Å². The highest BCUT2D eigenvalue weighted by Gasteiger charge is 2.27. The number of nitrogens with one attached hydrogen (secondary N) is 1. The molecule has 9 heteroatoms. The smallest absolute Gasteiger partial charge is 0.264 e. The summed E-state index contributed by atoms with van der Waals surface area (Å²) in [6.45, 7) is 6.49. The van der Waals surface area contributed by atoms with Gasteiger partial charge in [-0.2, -0.15) is 0 Å². The second-order valence-corrected chi connectivity index (χ2v) is 10.5. The molecular formula is C26H29BrN2O5S. The normalized spacial score (nSPS) is 11.1. The van der Waals surface area contributed by atoms with Crippen molar-refractivity contribution in [3.05, 3.63) is 82.3 Å². The first-order valence-electron chi connectivity index (χ1n) is 11.2. The Hall–Kier alpha value is -3.04. The number of amides is 1. The van der Waals surface area contributed by atoms with Crippen LogP contribution in [0.4, 0.5) is 5.69 Å². The molecule has 186 valence electrons. The Bertz CT molecular complexity index is 1260. The van der Waals surface area contributed by atoms with Gasteiger partial charge >= 0.3 is 0 Å². The van der Waals surface area contributed by atoms with E-state index in [-0.39, 0.29) is 18.0 Å². The van der Waals surface area contributed by atoms with Crippen molar-refractivity contribution in [2.75, 3.05) is 24.1 Å². The molecule has 7 nitrogen and oxygen atoms in total. The first-order chi connectivity index (χ1) is 16.7. The number of aryl methyl sites for hydroxylation is 1. The van der Waals surface area contributed by atoms with Crippen LogP contribution in [0.25, 0.3) is 0 Å². The lowest BCUT2D eigenvalue weighted by Gasteiger charge is -2.24. The van der Waals surface area contributed by atoms with Crippen molar-refractivity contribution < 1.29 is 22.7 Å². The fourth-order valence-corrected chi connectivity index (χ4v) is 5.18. The second kappa shape index (κ2) is 12.1. The zero-order chi connectivity index (χ0) is 25.4. The van der Waals surface area contributed by atoms with Crippen molar-refractivity contribution in [2.24, 2.45) is 0 Å². The molecule has 1 amide bonds. The molecular weight excluding hydrogens is 532 g/mol. The summed E-state index contributed by atoms with van der Waals surface area (Å²) in [7, 11) is -3.98. The van der Waals surface area contributed by atoms with Gasteiger partial charge in [0.2, 0.25) is 5.91 Å². The number of sulfonamides is 1. The van der Waals surface area contributed by atoms with E-state index >= 15 is 0 Å². The van der Waals surface area contributed by atoms with Crippen LogP contribution in [0.5, 0.6) is 11.5 Å². The summed E-state index contributed by atoms with van der Waals surface area (Å²) in [5.41, 5.74) is 2.13. The van der Waals surface area contributed by atoms with Crippen molar-refractivity contribution in [1.29, 1.82) is 0 Å². The van der Waals surface area contributed by atoms with E-state index in [1.165, 1.54) is 0 Å². The highest BCUT2D eigenvalue weighted by atomic mass is 79.9. The summed E-state index contributed by atoms with van der Waals surface area (Å²) >= 11 is 3.38. The van der Waals surface area contributed by atoms with Crippen LogP contribution in [0.2, 0.25) is 0 Å². The molecule has 0 saturated heterocycles. The first kappa shape index (κ1) is 26.6. The maximum Gasteiger partial charge on any atom is 0.264 e. The molecule has 1 N–H and O–H groups in total. The predicted octanol–water partition coefficient (Wildman–Crippen LogP) is 5.07. The maximum absolute atomic E-state index is 13.5. The Kier molecular flexibility index (Phi) is 9.17. The minimum atomic E-state index is -3.98. The highest BCUT2D eigenvalue weighted by molar-refractivity contribution is 9.10. The maximum atomic E-state index is 13.5. The van der Waals surface area contributed by atoms with Crippen LogP contribution in [-0.2, 0) is 21.4 Å². The summed E-state index contributed by atoms with van der Waals surface area (Å²) in [6, 6.07) is 18.8. The Morgan fingerprint density at radius 1 is 0.943 bits per heavy atom. The number of halogens is 1. The number of ether oxygens (including phenoxy) is 2. The minimum Gasteiger partial charge on any atom is -0.490 e. The van der Waals surface area contributed by atoms with Crippen molar-refractivity contribution >= 4 is 37.5 Å². The minimum absolute atomic E-state index is 0.115. The van der Waals surface area contributed by atoms with Gasteiger partial charge in [0.1, 0.15) is 6.54 Å². The highest BCUT2D eigenvalue weighted by Crippen LogP contribution is 2.29. The monoisotopic (exact) mass is 560 g/mol. The number of carbonyl (C=O) groups excluding carboxylic acids is 1. The first-order valence-corrected chi connectivity index (χ1v) is 13.5. The Morgan fingerprint density at radius 2 is 1.63 bits per heavy atom. The van der Waals surface area contributed by atoms with Gasteiger partial charge in [0.25, 0.3) is 10.0 Å². The molecule has 0 unspecified atom stereocenters. The molecule has 0 aliphatic carbocycles. The van der Waals surface area contributed by atoms with Gasteiger partial charge in [-0.05, 0) is 68.8 Å². The molecule has 0 aromatic heterocycles. The summed E-state index contributed by atoms with van der Waals surface area (Å²) in [4.78, 5) is 13.0. The largest absolute Gasteiger partial charge is 0.490 e. The number of benzene rings is 3. The molecule has 0 spiro atoms. The van der Waals surface area contributed by atoms with Gasteiger partial charge in [-0.15, -0.1) is 0 Å². The van der Waals surface area contributed by atoms with E-state index in [1.54, 1.807) is 54.6 Å². The summed E-state index contributed by atoms with van der Waals surface area (Å²) < 4.78 is 40.0. The fourth-order valence-electron chi connectivity index (χ4n) is 3.38. The van der Waals surface area contributed by atoms with Gasteiger partial charge in [0, 0.05) is 11.0 Å². The lowest BCUT2D eigenvalue weighted by atomic mass is 10.2. The number of nitrogens with zero attached hydrogens (tertiary/aromatic N) is 1. The molecule has 0 bridgehead atoms. The topological polar surface area (TPSA) is 84.9 Å². The lowest BCUT2D eigenvalue weighted by Crippen LogP contribution is -2.40. The fraction of sp³-hybridized carbons (Fsp3) is 0.269. The predicted molar refractivity (Wildman–Crippen MR) is 140 cm³/mol. The van der Waals surface area contributed by atoms with E-state index in [2.05, 4.69) is 21.2 Å². The third kappa shape index (κ3) is 6.99. The van der Waals surface area contributed by atoms with Gasteiger partial charge in [-0.25, -0.2) is 8.42 Å². The van der Waals surface area contributed by atoms with Crippen LogP contribution in [0.15, 0.2) is 76.1 Å². The van der Waals surface area contributed by atoms with E-state index in [0.29, 0.717) is 34.9 Å². The van der Waals surface area contributed by atoms with Crippen LogP contribution in [-0.4, -0.2) is 34.1 Å². The molecule has 0 aliphatic heterocycles. The van der Waals surface area contributed by atoms with E-state index in [9.17, 15) is 13.2 Å². The third-order valence-corrected chi connectivity index (χ3v) is 7.37. The Balaban J connectivity index is 1.81. The van der Waals surface area contributed by atoms with Crippen molar-refractivity contribution in [2.45, 2.75) is 32.2 Å². The zero-order valence-electron chi connectivity index (χ0n) is 20.0. The van der Waals surface area contributed by atoms with E-state index in [1.807, 2.05) is 32.9 Å². The van der Waals surface area contributed by atoms with Gasteiger partial charge in [0.05, 0.1) is 23.8 Å². The van der Waals surface area contributed by atoms with E-state index in [4.69, 9.17) is 9.47 Å². The molecule has 0 saturated carbocycles. The number of carbonyl (C=O) groups is 1. The van der Waals surface area contributed by atoms with Gasteiger partial charge in [-0.1, -0.05) is 45.8 Å². The standard InChI is InChI=1S/C26H29BrN2O5S/c1-4-33-24-14-11-20(15-25(24)34-5-2)17-28-26(30)18-29(22-8-6-7-21(27)16-22)35(31,32)23-12-9-19(3)10-13-23/h6-16H,4-5,17-18H2,1-3H3,(H,28,30). The summed E-state index contributed by atoms with van der Waals surface area (Å²) in [5, 5.41) is 2.81. The van der Waals surface area contributed by atoms with Crippen LogP contribution in [0.1, 0.15) is 25.0 Å². The second-order valence-electron chi connectivity index (χ2n) is 7.73. The van der Waals surface area contributed by atoms with Gasteiger partial charge in [0.15, 0.2) is 11.5 Å². The zero-order valence-corrected chi connectivity index (χ0v) is 22.4. The molecule has 35 heavy (non-hydrogen) atoms. The van der Waals surface area contributed by atoms with E-state index < -0.39 is 15.9 Å². The SMILES string of the molecule is CCOc1ccc(CNC(=O)CN(c2cccc(Br)c2)S(=O)(=O)c2ccc(C)cc2)cc1OCC. The lowest BCUT2D eigenvalue weighted by molar-refractivity contribution is -0.119. The number of hydrogen-bond donors (Lipinski definition) is 1. The third-order valence-electron chi connectivity index (χ3n) is 5.09. The molecule has 0 fully saturated rings. The van der Waals surface area contributed by atoms with Crippen LogP contribution >= 0.6 is 15.9 Å².